The Balaban J connectivity index is 2.36. The van der Waals surface area contributed by atoms with Crippen molar-refractivity contribution in [1.29, 1.82) is 0 Å². The van der Waals surface area contributed by atoms with Crippen LogP contribution in [0, 0.1) is 0 Å². The molecule has 0 N–H and O–H groups in total. The normalized spacial score (nSPS) is 17.0. The Morgan fingerprint density at radius 3 is 2.67 bits per heavy atom. The second-order valence-corrected chi connectivity index (χ2v) is 5.39. The molecular formula is C14H20O. The van der Waals surface area contributed by atoms with Crippen LogP contribution >= 0.6 is 0 Å². The van der Waals surface area contributed by atoms with Crippen molar-refractivity contribution in [3.05, 3.63) is 34.9 Å². The van der Waals surface area contributed by atoms with Gasteiger partial charge in [0, 0.05) is 6.61 Å². The zero-order valence-corrected chi connectivity index (χ0v) is 9.97. The summed E-state index contributed by atoms with van der Waals surface area (Å²) in [6.45, 7) is 8.49. The first kappa shape index (κ1) is 10.7. The van der Waals surface area contributed by atoms with Crippen molar-refractivity contribution < 1.29 is 4.74 Å². The Bertz CT molecular complexity index is 347. The lowest BCUT2D eigenvalue weighted by Crippen LogP contribution is -2.11. The third-order valence-corrected chi connectivity index (χ3v) is 3.06. The van der Waals surface area contributed by atoms with E-state index in [1.807, 2.05) is 0 Å². The summed E-state index contributed by atoms with van der Waals surface area (Å²) in [6, 6.07) is 6.85. The molecule has 1 aromatic rings. The smallest absolute Gasteiger partial charge is 0.0719 e. The van der Waals surface area contributed by atoms with E-state index in [0.29, 0.717) is 0 Å². The van der Waals surface area contributed by atoms with Crippen molar-refractivity contribution in [2.45, 2.75) is 45.6 Å². The van der Waals surface area contributed by atoms with Crippen LogP contribution in [0.15, 0.2) is 18.2 Å². The van der Waals surface area contributed by atoms with E-state index in [9.17, 15) is 0 Å². The largest absolute Gasteiger partial charge is 0.377 e. The molecule has 0 saturated heterocycles. The fourth-order valence-electron chi connectivity index (χ4n) is 2.01. The number of hydrogen-bond acceptors (Lipinski definition) is 1. The van der Waals surface area contributed by atoms with Gasteiger partial charge in [-0.15, -0.1) is 0 Å². The molecular weight excluding hydrogens is 184 g/mol. The fraction of sp³-hybridized carbons (Fsp3) is 0.571. The molecule has 1 aliphatic rings. The summed E-state index contributed by atoms with van der Waals surface area (Å²) in [5.41, 5.74) is 4.55. The molecule has 15 heavy (non-hydrogen) atoms. The van der Waals surface area contributed by atoms with Crippen molar-refractivity contribution in [3.63, 3.8) is 0 Å². The molecule has 1 aliphatic heterocycles. The lowest BCUT2D eigenvalue weighted by atomic mass is 9.85. The number of hydrogen-bond donors (Lipinski definition) is 0. The van der Waals surface area contributed by atoms with Gasteiger partial charge in [-0.3, -0.25) is 0 Å². The molecule has 1 nitrogen and oxygen atoms in total. The van der Waals surface area contributed by atoms with Crippen molar-refractivity contribution in [1.82, 2.24) is 0 Å². The first-order valence-electron chi connectivity index (χ1n) is 5.77. The van der Waals surface area contributed by atoms with Gasteiger partial charge in [0.2, 0.25) is 0 Å². The molecule has 0 fully saturated rings. The highest BCUT2D eigenvalue weighted by molar-refractivity contribution is 5.35. The van der Waals surface area contributed by atoms with E-state index in [0.717, 1.165) is 19.6 Å². The SMILES string of the molecule is CC(C)(C)c1ccc2c(c1)CCCOC2. The number of fused-ring (bicyclic) bond motifs is 1. The topological polar surface area (TPSA) is 9.23 Å². The molecule has 0 saturated carbocycles. The molecule has 0 amide bonds. The first-order chi connectivity index (χ1) is 7.07. The van der Waals surface area contributed by atoms with Crippen LogP contribution in [-0.2, 0) is 23.2 Å². The van der Waals surface area contributed by atoms with E-state index in [1.54, 1.807) is 0 Å². The Hall–Kier alpha value is -0.820. The van der Waals surface area contributed by atoms with Crippen LogP contribution in [0.25, 0.3) is 0 Å². The molecule has 0 unspecified atom stereocenters. The highest BCUT2D eigenvalue weighted by atomic mass is 16.5. The van der Waals surface area contributed by atoms with E-state index in [1.165, 1.54) is 23.1 Å². The summed E-state index contributed by atoms with van der Waals surface area (Å²) < 4.78 is 5.55. The molecule has 0 bridgehead atoms. The summed E-state index contributed by atoms with van der Waals surface area (Å²) in [4.78, 5) is 0. The van der Waals surface area contributed by atoms with E-state index in [2.05, 4.69) is 39.0 Å². The number of benzene rings is 1. The maximum atomic E-state index is 5.55. The molecule has 82 valence electrons. The van der Waals surface area contributed by atoms with Crippen LogP contribution in [-0.4, -0.2) is 6.61 Å². The van der Waals surface area contributed by atoms with Crippen LogP contribution in [0.4, 0.5) is 0 Å². The van der Waals surface area contributed by atoms with Gasteiger partial charge in [0.05, 0.1) is 6.61 Å². The van der Waals surface area contributed by atoms with Gasteiger partial charge >= 0.3 is 0 Å². The minimum atomic E-state index is 0.252. The third-order valence-electron chi connectivity index (χ3n) is 3.06. The summed E-state index contributed by atoms with van der Waals surface area (Å²) >= 11 is 0. The average molecular weight is 204 g/mol. The van der Waals surface area contributed by atoms with Crippen molar-refractivity contribution in [2.75, 3.05) is 6.61 Å². The number of aryl methyl sites for hydroxylation is 1. The maximum absolute atomic E-state index is 5.55. The predicted molar refractivity (Wildman–Crippen MR) is 63.1 cm³/mol. The molecule has 2 rings (SSSR count). The van der Waals surface area contributed by atoms with Gasteiger partial charge in [0.1, 0.15) is 0 Å². The zero-order chi connectivity index (χ0) is 10.9. The lowest BCUT2D eigenvalue weighted by molar-refractivity contribution is 0.125. The quantitative estimate of drug-likeness (QED) is 0.629. The third kappa shape index (κ3) is 2.40. The monoisotopic (exact) mass is 204 g/mol. The van der Waals surface area contributed by atoms with Gasteiger partial charge in [-0.05, 0) is 34.9 Å². The van der Waals surface area contributed by atoms with Crippen LogP contribution < -0.4 is 0 Å². The average Bonchev–Trinajstić information content (AvgIpc) is 2.39. The first-order valence-corrected chi connectivity index (χ1v) is 5.77. The molecule has 0 spiro atoms. The van der Waals surface area contributed by atoms with Gasteiger partial charge < -0.3 is 4.74 Å². The molecule has 0 aliphatic carbocycles. The standard InChI is InChI=1S/C14H20O/c1-14(2,3)13-7-6-12-10-15-8-4-5-11(12)9-13/h6-7,9H,4-5,8,10H2,1-3H3. The second kappa shape index (κ2) is 3.97. The molecule has 0 atom stereocenters. The minimum absolute atomic E-state index is 0.252. The molecule has 0 aromatic heterocycles. The van der Waals surface area contributed by atoms with Gasteiger partial charge in [-0.25, -0.2) is 0 Å². The second-order valence-electron chi connectivity index (χ2n) is 5.39. The Kier molecular flexibility index (Phi) is 2.83. The summed E-state index contributed by atoms with van der Waals surface area (Å²) in [6.07, 6.45) is 2.32. The maximum Gasteiger partial charge on any atom is 0.0719 e. The van der Waals surface area contributed by atoms with Gasteiger partial charge in [0.15, 0.2) is 0 Å². The van der Waals surface area contributed by atoms with Gasteiger partial charge in [0.25, 0.3) is 0 Å². The van der Waals surface area contributed by atoms with Crippen LogP contribution in [0.3, 0.4) is 0 Å². The van der Waals surface area contributed by atoms with Gasteiger partial charge in [-0.1, -0.05) is 39.0 Å². The Morgan fingerprint density at radius 2 is 1.93 bits per heavy atom. The molecule has 1 heteroatoms. The predicted octanol–water partition coefficient (Wildman–Crippen LogP) is 3.45. The molecule has 1 aromatic carbocycles. The van der Waals surface area contributed by atoms with Crippen molar-refractivity contribution in [2.24, 2.45) is 0 Å². The number of rotatable bonds is 0. The molecule has 0 radical (unpaired) electrons. The fourth-order valence-corrected chi connectivity index (χ4v) is 2.01. The van der Waals surface area contributed by atoms with E-state index in [4.69, 9.17) is 4.74 Å². The zero-order valence-electron chi connectivity index (χ0n) is 9.97. The van der Waals surface area contributed by atoms with Crippen molar-refractivity contribution >= 4 is 0 Å². The van der Waals surface area contributed by atoms with E-state index < -0.39 is 0 Å². The van der Waals surface area contributed by atoms with Crippen LogP contribution in [0.1, 0.15) is 43.9 Å². The highest BCUT2D eigenvalue weighted by Gasteiger charge is 2.16. The van der Waals surface area contributed by atoms with E-state index in [-0.39, 0.29) is 5.41 Å². The van der Waals surface area contributed by atoms with Gasteiger partial charge in [-0.2, -0.15) is 0 Å². The van der Waals surface area contributed by atoms with E-state index >= 15 is 0 Å². The van der Waals surface area contributed by atoms with Crippen molar-refractivity contribution in [3.8, 4) is 0 Å². The highest BCUT2D eigenvalue weighted by Crippen LogP contribution is 2.26. The minimum Gasteiger partial charge on any atom is -0.377 e. The van der Waals surface area contributed by atoms with Crippen LogP contribution in [0.5, 0.6) is 0 Å². The lowest BCUT2D eigenvalue weighted by Gasteiger charge is -2.20. The summed E-state index contributed by atoms with van der Waals surface area (Å²) in [5.74, 6) is 0. The number of ether oxygens (including phenoxy) is 1. The molecule has 1 heterocycles. The Labute approximate surface area is 92.5 Å². The Morgan fingerprint density at radius 1 is 1.13 bits per heavy atom. The summed E-state index contributed by atoms with van der Waals surface area (Å²) in [5, 5.41) is 0. The summed E-state index contributed by atoms with van der Waals surface area (Å²) in [7, 11) is 0. The van der Waals surface area contributed by atoms with Crippen LogP contribution in [0.2, 0.25) is 0 Å².